The summed E-state index contributed by atoms with van der Waals surface area (Å²) >= 11 is 0. The van der Waals surface area contributed by atoms with Crippen molar-refractivity contribution in [1.82, 2.24) is 0 Å². The van der Waals surface area contributed by atoms with Crippen molar-refractivity contribution in [2.45, 2.75) is 11.4 Å². The van der Waals surface area contributed by atoms with E-state index < -0.39 is 15.9 Å². The van der Waals surface area contributed by atoms with Gasteiger partial charge in [-0.15, -0.1) is 0 Å². The van der Waals surface area contributed by atoms with Gasteiger partial charge in [0.15, 0.2) is 0 Å². The van der Waals surface area contributed by atoms with E-state index >= 15 is 0 Å². The normalized spacial score (nSPS) is 11.2. The molecule has 0 aliphatic rings. The summed E-state index contributed by atoms with van der Waals surface area (Å²) < 4.78 is 28.4. The minimum absolute atomic E-state index is 0.0265. The lowest BCUT2D eigenvalue weighted by atomic mass is 10.0. The number of hydrogen-bond donors (Lipinski definition) is 2. The van der Waals surface area contributed by atoms with Crippen LogP contribution < -0.4 is 15.8 Å². The highest BCUT2D eigenvalue weighted by molar-refractivity contribution is 7.92. The van der Waals surface area contributed by atoms with Crippen molar-refractivity contribution in [2.75, 3.05) is 10.0 Å². The number of amides is 1. The molecular weight excluding hydrogens is 434 g/mol. The molecule has 4 N–H and O–H groups in total. The quantitative estimate of drug-likeness (QED) is 0.400. The fourth-order valence-corrected chi connectivity index (χ4v) is 5.07. The van der Waals surface area contributed by atoms with Crippen LogP contribution >= 0.6 is 0 Å². The highest BCUT2D eigenvalue weighted by Crippen LogP contribution is 2.30. The molecule has 0 bridgehead atoms. The van der Waals surface area contributed by atoms with Crippen molar-refractivity contribution in [2.24, 2.45) is 5.73 Å². The Hall–Kier alpha value is -4.10. The molecule has 0 aromatic heterocycles. The number of hydrogen-bond acceptors (Lipinski definition) is 4. The Kier molecular flexibility index (Phi) is 6.15. The van der Waals surface area contributed by atoms with Gasteiger partial charge in [-0.3, -0.25) is 9.10 Å². The Bertz CT molecular complexity index is 1390. The fourth-order valence-electron chi connectivity index (χ4n) is 3.61. The molecule has 0 spiro atoms. The van der Waals surface area contributed by atoms with E-state index in [-0.39, 0.29) is 17.0 Å². The van der Waals surface area contributed by atoms with Crippen molar-refractivity contribution in [3.63, 3.8) is 0 Å². The number of sulfonamides is 1. The first-order chi connectivity index (χ1) is 15.9. The molecule has 0 unspecified atom stereocenters. The SMILES string of the molecule is NC(=O)c1cccc(N(Cc2ccc(-c3ccccc3)c(N)c2)S(=O)(=O)c2ccccc2)c1. The summed E-state index contributed by atoms with van der Waals surface area (Å²) in [6, 6.07) is 29.6. The number of nitrogens with zero attached hydrogens (tertiary/aromatic N) is 1. The molecule has 6 nitrogen and oxygen atoms in total. The number of rotatable bonds is 7. The van der Waals surface area contributed by atoms with Gasteiger partial charge in [-0.25, -0.2) is 8.42 Å². The lowest BCUT2D eigenvalue weighted by Gasteiger charge is -2.25. The monoisotopic (exact) mass is 457 g/mol. The van der Waals surface area contributed by atoms with E-state index in [4.69, 9.17) is 11.5 Å². The predicted octanol–water partition coefficient (Wildman–Crippen LogP) is 4.43. The van der Waals surface area contributed by atoms with Crippen LogP contribution in [0.4, 0.5) is 11.4 Å². The summed E-state index contributed by atoms with van der Waals surface area (Å²) in [5.74, 6) is -0.634. The van der Waals surface area contributed by atoms with Crippen molar-refractivity contribution in [1.29, 1.82) is 0 Å². The van der Waals surface area contributed by atoms with Crippen LogP contribution in [0.25, 0.3) is 11.1 Å². The molecule has 4 aromatic rings. The maximum atomic E-state index is 13.6. The van der Waals surface area contributed by atoms with E-state index in [1.165, 1.54) is 22.5 Å². The van der Waals surface area contributed by atoms with Crippen LogP contribution in [0.3, 0.4) is 0 Å². The minimum Gasteiger partial charge on any atom is -0.398 e. The van der Waals surface area contributed by atoms with E-state index in [2.05, 4.69) is 0 Å². The summed E-state index contributed by atoms with van der Waals surface area (Å²) in [7, 11) is -3.93. The Labute approximate surface area is 193 Å². The molecule has 0 saturated carbocycles. The third kappa shape index (κ3) is 4.73. The van der Waals surface area contributed by atoms with Gasteiger partial charge in [-0.2, -0.15) is 0 Å². The molecule has 0 radical (unpaired) electrons. The van der Waals surface area contributed by atoms with E-state index in [1.54, 1.807) is 42.5 Å². The summed E-state index contributed by atoms with van der Waals surface area (Å²) in [4.78, 5) is 11.9. The molecule has 166 valence electrons. The predicted molar refractivity (Wildman–Crippen MR) is 131 cm³/mol. The standard InChI is InChI=1S/C26H23N3O3S/c27-25-16-19(14-15-24(25)20-8-3-1-4-9-20)18-29(22-11-7-10-21(17-22)26(28)30)33(31,32)23-12-5-2-6-13-23/h1-17H,18,27H2,(H2,28,30). The molecule has 0 saturated heterocycles. The van der Waals surface area contributed by atoms with Crippen LogP contribution in [0.1, 0.15) is 15.9 Å². The average molecular weight is 458 g/mol. The summed E-state index contributed by atoms with van der Waals surface area (Å²) in [6.07, 6.45) is 0. The molecule has 1 amide bonds. The Morgan fingerprint density at radius 2 is 1.45 bits per heavy atom. The summed E-state index contributed by atoms with van der Waals surface area (Å²) in [5.41, 5.74) is 15.4. The van der Waals surface area contributed by atoms with Gasteiger partial charge in [0, 0.05) is 16.8 Å². The maximum Gasteiger partial charge on any atom is 0.264 e. The van der Waals surface area contributed by atoms with Gasteiger partial charge in [-0.1, -0.05) is 66.7 Å². The molecule has 0 aliphatic carbocycles. The first-order valence-electron chi connectivity index (χ1n) is 10.3. The second-order valence-electron chi connectivity index (χ2n) is 7.53. The lowest BCUT2D eigenvalue weighted by Crippen LogP contribution is -2.31. The van der Waals surface area contributed by atoms with E-state index in [9.17, 15) is 13.2 Å². The number of primary amides is 1. The van der Waals surface area contributed by atoms with Gasteiger partial charge in [0.25, 0.3) is 10.0 Å². The third-order valence-electron chi connectivity index (χ3n) is 5.28. The van der Waals surface area contributed by atoms with Gasteiger partial charge in [-0.05, 0) is 47.5 Å². The van der Waals surface area contributed by atoms with Crippen LogP contribution in [-0.2, 0) is 16.6 Å². The zero-order valence-corrected chi connectivity index (χ0v) is 18.6. The Balaban J connectivity index is 1.77. The molecule has 4 rings (SSSR count). The second-order valence-corrected chi connectivity index (χ2v) is 9.39. The minimum atomic E-state index is -3.93. The highest BCUT2D eigenvalue weighted by atomic mass is 32.2. The Morgan fingerprint density at radius 3 is 2.09 bits per heavy atom. The van der Waals surface area contributed by atoms with Crippen molar-refractivity contribution < 1.29 is 13.2 Å². The maximum absolute atomic E-state index is 13.6. The summed E-state index contributed by atoms with van der Waals surface area (Å²) in [6.45, 7) is 0.0265. The first-order valence-corrected chi connectivity index (χ1v) is 11.7. The molecule has 0 atom stereocenters. The first kappa shape index (κ1) is 22.1. The molecule has 7 heteroatoms. The molecule has 33 heavy (non-hydrogen) atoms. The number of nitrogens with two attached hydrogens (primary N) is 2. The van der Waals surface area contributed by atoms with E-state index in [0.29, 0.717) is 16.9 Å². The topological polar surface area (TPSA) is 106 Å². The fraction of sp³-hybridized carbons (Fsp3) is 0.0385. The van der Waals surface area contributed by atoms with Crippen molar-refractivity contribution in [3.8, 4) is 11.1 Å². The van der Waals surface area contributed by atoms with Crippen LogP contribution in [0.2, 0.25) is 0 Å². The van der Waals surface area contributed by atoms with Gasteiger partial charge >= 0.3 is 0 Å². The van der Waals surface area contributed by atoms with Gasteiger partial charge in [0.2, 0.25) is 5.91 Å². The van der Waals surface area contributed by atoms with Gasteiger partial charge < -0.3 is 11.5 Å². The van der Waals surface area contributed by atoms with Crippen LogP contribution in [0.5, 0.6) is 0 Å². The Morgan fingerprint density at radius 1 is 0.788 bits per heavy atom. The zero-order valence-electron chi connectivity index (χ0n) is 17.8. The molecule has 0 heterocycles. The number of anilines is 2. The van der Waals surface area contributed by atoms with Crippen LogP contribution in [0.15, 0.2) is 108 Å². The zero-order chi connectivity index (χ0) is 23.4. The molecule has 0 fully saturated rings. The number of carbonyl (C=O) groups excluding carboxylic acids is 1. The van der Waals surface area contributed by atoms with Crippen LogP contribution in [0, 0.1) is 0 Å². The lowest BCUT2D eigenvalue weighted by molar-refractivity contribution is 0.100. The number of nitrogen functional groups attached to an aromatic ring is 1. The number of carbonyl (C=O) groups is 1. The largest absolute Gasteiger partial charge is 0.398 e. The van der Waals surface area contributed by atoms with Gasteiger partial charge in [0.05, 0.1) is 17.1 Å². The number of benzene rings is 4. The molecule has 4 aromatic carbocycles. The van der Waals surface area contributed by atoms with Crippen molar-refractivity contribution >= 4 is 27.3 Å². The second kappa shape index (κ2) is 9.18. The molecule has 0 aliphatic heterocycles. The van der Waals surface area contributed by atoms with Crippen molar-refractivity contribution in [3.05, 3.63) is 114 Å². The van der Waals surface area contributed by atoms with E-state index in [1.807, 2.05) is 42.5 Å². The average Bonchev–Trinajstić information content (AvgIpc) is 2.83. The van der Waals surface area contributed by atoms with Gasteiger partial charge in [0.1, 0.15) is 0 Å². The smallest absolute Gasteiger partial charge is 0.264 e. The molecular formula is C26H23N3O3S. The summed E-state index contributed by atoms with van der Waals surface area (Å²) in [5, 5.41) is 0. The highest BCUT2D eigenvalue weighted by Gasteiger charge is 2.26. The third-order valence-corrected chi connectivity index (χ3v) is 7.06. The van der Waals surface area contributed by atoms with E-state index in [0.717, 1.165) is 11.1 Å². The van der Waals surface area contributed by atoms with Crippen LogP contribution in [-0.4, -0.2) is 14.3 Å².